The third kappa shape index (κ3) is 4.34. The van der Waals surface area contributed by atoms with Crippen LogP contribution in [0, 0.1) is 6.92 Å². The Hall–Kier alpha value is -0.820. The minimum Gasteiger partial charge on any atom is -0.495 e. The van der Waals surface area contributed by atoms with E-state index in [1.165, 1.54) is 13.2 Å². The predicted octanol–water partition coefficient (Wildman–Crippen LogP) is 1.93. The summed E-state index contributed by atoms with van der Waals surface area (Å²) < 4.78 is 32.2. The smallest absolute Gasteiger partial charge is 0.240 e. The predicted molar refractivity (Wildman–Crippen MR) is 81.1 cm³/mol. The van der Waals surface area contributed by atoms with Crippen LogP contribution in [0.25, 0.3) is 0 Å². The molecule has 0 heterocycles. The number of likely N-dealkylation sites (N-methyl/N-ethyl adjacent to an activating group) is 1. The van der Waals surface area contributed by atoms with Gasteiger partial charge in [0, 0.05) is 12.6 Å². The van der Waals surface area contributed by atoms with Crippen molar-refractivity contribution in [2.24, 2.45) is 0 Å². The molecule has 0 aliphatic heterocycles. The standard InChI is InChI=1S/C13H21ClN2O3S/c1-5-15-10(3)8-16-20(17,18)13-7-11(14)12(19-4)6-9(13)2/h6-7,10,15-16H,5,8H2,1-4H3/t10-/m1/s1. The average molecular weight is 321 g/mol. The molecule has 7 heteroatoms. The fourth-order valence-electron chi connectivity index (χ4n) is 1.82. The number of ether oxygens (including phenoxy) is 1. The largest absolute Gasteiger partial charge is 0.495 e. The van der Waals surface area contributed by atoms with Crippen molar-refractivity contribution in [1.82, 2.24) is 10.0 Å². The molecule has 0 spiro atoms. The lowest BCUT2D eigenvalue weighted by Gasteiger charge is -2.15. The van der Waals surface area contributed by atoms with Crippen LogP contribution in [0.15, 0.2) is 17.0 Å². The topological polar surface area (TPSA) is 67.4 Å². The van der Waals surface area contributed by atoms with Crippen molar-refractivity contribution in [3.63, 3.8) is 0 Å². The molecule has 1 aromatic rings. The van der Waals surface area contributed by atoms with Gasteiger partial charge in [-0.1, -0.05) is 18.5 Å². The Labute approximate surface area is 125 Å². The lowest BCUT2D eigenvalue weighted by Crippen LogP contribution is -2.38. The first-order valence-electron chi connectivity index (χ1n) is 6.39. The normalized spacial score (nSPS) is 13.2. The van der Waals surface area contributed by atoms with Gasteiger partial charge in [-0.25, -0.2) is 13.1 Å². The van der Waals surface area contributed by atoms with E-state index in [2.05, 4.69) is 10.0 Å². The van der Waals surface area contributed by atoms with Crippen LogP contribution >= 0.6 is 11.6 Å². The molecule has 0 saturated carbocycles. The van der Waals surface area contributed by atoms with Crippen molar-refractivity contribution in [3.8, 4) is 5.75 Å². The van der Waals surface area contributed by atoms with E-state index >= 15 is 0 Å². The summed E-state index contributed by atoms with van der Waals surface area (Å²) in [6.45, 7) is 6.70. The summed E-state index contributed by atoms with van der Waals surface area (Å²) >= 11 is 5.99. The number of sulfonamides is 1. The van der Waals surface area contributed by atoms with E-state index in [1.54, 1.807) is 13.0 Å². The number of halogens is 1. The van der Waals surface area contributed by atoms with E-state index in [4.69, 9.17) is 16.3 Å². The molecule has 0 radical (unpaired) electrons. The van der Waals surface area contributed by atoms with E-state index in [1.807, 2.05) is 13.8 Å². The summed E-state index contributed by atoms with van der Waals surface area (Å²) in [5, 5.41) is 3.42. The second-order valence-corrected chi connectivity index (χ2v) is 6.71. The van der Waals surface area contributed by atoms with E-state index in [0.29, 0.717) is 17.9 Å². The highest BCUT2D eigenvalue weighted by Gasteiger charge is 2.19. The Bertz CT molecular complexity index is 561. The number of aryl methyl sites for hydroxylation is 1. The van der Waals surface area contributed by atoms with Crippen LogP contribution in [-0.4, -0.2) is 34.7 Å². The summed E-state index contributed by atoms with van der Waals surface area (Å²) in [6, 6.07) is 3.09. The Kier molecular flexibility index (Phi) is 6.26. The van der Waals surface area contributed by atoms with Crippen LogP contribution in [0.1, 0.15) is 19.4 Å². The highest BCUT2D eigenvalue weighted by Crippen LogP contribution is 2.29. The molecule has 2 N–H and O–H groups in total. The number of benzene rings is 1. The summed E-state index contributed by atoms with van der Waals surface area (Å²) in [6.07, 6.45) is 0. The minimum absolute atomic E-state index is 0.0591. The molecule has 1 aromatic carbocycles. The maximum Gasteiger partial charge on any atom is 0.240 e. The van der Waals surface area contributed by atoms with Crippen LogP contribution in [0.4, 0.5) is 0 Å². The van der Waals surface area contributed by atoms with Crippen molar-refractivity contribution >= 4 is 21.6 Å². The molecular weight excluding hydrogens is 300 g/mol. The van der Waals surface area contributed by atoms with E-state index < -0.39 is 10.0 Å². The third-order valence-corrected chi connectivity index (χ3v) is 4.73. The van der Waals surface area contributed by atoms with Crippen molar-refractivity contribution in [1.29, 1.82) is 0 Å². The molecule has 0 fully saturated rings. The Balaban J connectivity index is 2.95. The third-order valence-electron chi connectivity index (χ3n) is 2.87. The lowest BCUT2D eigenvalue weighted by molar-refractivity contribution is 0.414. The number of hydrogen-bond acceptors (Lipinski definition) is 4. The van der Waals surface area contributed by atoms with E-state index in [9.17, 15) is 8.42 Å². The molecule has 0 aliphatic rings. The van der Waals surface area contributed by atoms with Gasteiger partial charge < -0.3 is 10.1 Å². The van der Waals surface area contributed by atoms with Crippen LogP contribution in [0.3, 0.4) is 0 Å². The summed E-state index contributed by atoms with van der Waals surface area (Å²) in [7, 11) is -2.09. The van der Waals surface area contributed by atoms with Crippen LogP contribution in [-0.2, 0) is 10.0 Å². The van der Waals surface area contributed by atoms with Gasteiger partial charge in [-0.15, -0.1) is 0 Å². The van der Waals surface area contributed by atoms with Crippen LogP contribution in [0.5, 0.6) is 5.75 Å². The van der Waals surface area contributed by atoms with Gasteiger partial charge in [-0.05, 0) is 38.1 Å². The summed E-state index contributed by atoms with van der Waals surface area (Å²) in [5.74, 6) is 0.462. The molecule has 20 heavy (non-hydrogen) atoms. The molecule has 114 valence electrons. The van der Waals surface area contributed by atoms with Gasteiger partial charge in [0.2, 0.25) is 10.0 Å². The van der Waals surface area contributed by atoms with Gasteiger partial charge in [-0.2, -0.15) is 0 Å². The van der Waals surface area contributed by atoms with Crippen molar-refractivity contribution in [2.45, 2.75) is 31.7 Å². The maximum atomic E-state index is 12.3. The molecule has 0 bridgehead atoms. The van der Waals surface area contributed by atoms with Gasteiger partial charge in [0.25, 0.3) is 0 Å². The first kappa shape index (κ1) is 17.2. The molecule has 0 unspecified atom stereocenters. The highest BCUT2D eigenvalue weighted by atomic mass is 35.5. The maximum absolute atomic E-state index is 12.3. The van der Waals surface area contributed by atoms with Gasteiger partial charge >= 0.3 is 0 Å². The number of hydrogen-bond donors (Lipinski definition) is 2. The first-order chi connectivity index (χ1) is 9.31. The molecule has 0 aromatic heterocycles. The zero-order valence-electron chi connectivity index (χ0n) is 12.2. The Morgan fingerprint density at radius 3 is 2.60 bits per heavy atom. The fraction of sp³-hybridized carbons (Fsp3) is 0.538. The van der Waals surface area contributed by atoms with Crippen molar-refractivity contribution in [2.75, 3.05) is 20.2 Å². The lowest BCUT2D eigenvalue weighted by atomic mass is 10.2. The Morgan fingerprint density at radius 1 is 1.40 bits per heavy atom. The summed E-state index contributed by atoms with van der Waals surface area (Å²) in [5.41, 5.74) is 0.592. The van der Waals surface area contributed by atoms with Crippen molar-refractivity contribution < 1.29 is 13.2 Å². The fourth-order valence-corrected chi connectivity index (χ4v) is 3.50. The van der Waals surface area contributed by atoms with E-state index in [0.717, 1.165) is 6.54 Å². The monoisotopic (exact) mass is 320 g/mol. The van der Waals surface area contributed by atoms with E-state index in [-0.39, 0.29) is 16.0 Å². The molecule has 0 amide bonds. The zero-order chi connectivity index (χ0) is 15.3. The molecular formula is C13H21ClN2O3S. The number of nitrogens with one attached hydrogen (secondary N) is 2. The van der Waals surface area contributed by atoms with Crippen LogP contribution in [0.2, 0.25) is 5.02 Å². The molecule has 1 rings (SSSR count). The second-order valence-electron chi connectivity index (χ2n) is 4.56. The Morgan fingerprint density at radius 2 is 2.05 bits per heavy atom. The SMILES string of the molecule is CCN[C@H](C)CNS(=O)(=O)c1cc(Cl)c(OC)cc1C. The molecule has 1 atom stereocenters. The minimum atomic E-state index is -3.58. The average Bonchev–Trinajstić information content (AvgIpc) is 2.39. The quantitative estimate of drug-likeness (QED) is 0.805. The molecule has 5 nitrogen and oxygen atoms in total. The van der Waals surface area contributed by atoms with Crippen molar-refractivity contribution in [3.05, 3.63) is 22.7 Å². The van der Waals surface area contributed by atoms with Gasteiger partial charge in [0.05, 0.1) is 17.0 Å². The summed E-state index contributed by atoms with van der Waals surface area (Å²) in [4.78, 5) is 0.173. The number of rotatable bonds is 7. The van der Waals surface area contributed by atoms with Gasteiger partial charge in [0.1, 0.15) is 5.75 Å². The van der Waals surface area contributed by atoms with Crippen LogP contribution < -0.4 is 14.8 Å². The molecule has 0 aliphatic carbocycles. The second kappa shape index (κ2) is 7.26. The molecule has 0 saturated heterocycles. The zero-order valence-corrected chi connectivity index (χ0v) is 13.7. The highest BCUT2D eigenvalue weighted by molar-refractivity contribution is 7.89. The number of methoxy groups -OCH3 is 1. The van der Waals surface area contributed by atoms with Gasteiger partial charge in [0.15, 0.2) is 0 Å². The van der Waals surface area contributed by atoms with Gasteiger partial charge in [-0.3, -0.25) is 0 Å². The first-order valence-corrected chi connectivity index (χ1v) is 8.25.